The maximum Gasteiger partial charge on any atom is 0.306 e. The summed E-state index contributed by atoms with van der Waals surface area (Å²) < 4.78 is 10.7. The Kier molecular flexibility index (Phi) is 30.6. The lowest BCUT2D eigenvalue weighted by Gasteiger charge is -2.13. The Morgan fingerprint density at radius 1 is 0.436 bits per heavy atom. The zero-order valence-corrected chi connectivity index (χ0v) is 26.7. The van der Waals surface area contributed by atoms with Crippen molar-refractivity contribution in [2.24, 2.45) is 0 Å². The number of hydrogen-bond acceptors (Lipinski definition) is 4. The average Bonchev–Trinajstić information content (AvgIpc) is 2.92. The molecule has 4 heteroatoms. The zero-order valence-electron chi connectivity index (χ0n) is 26.7. The molecule has 0 aliphatic heterocycles. The van der Waals surface area contributed by atoms with Crippen LogP contribution in [0.25, 0.3) is 0 Å². The van der Waals surface area contributed by atoms with Crippen LogP contribution in [-0.2, 0) is 19.1 Å². The zero-order chi connectivity index (χ0) is 28.7. The van der Waals surface area contributed by atoms with Gasteiger partial charge in [-0.05, 0) is 19.8 Å². The van der Waals surface area contributed by atoms with E-state index in [-0.39, 0.29) is 24.6 Å². The molecule has 39 heavy (non-hydrogen) atoms. The predicted octanol–water partition coefficient (Wildman–Crippen LogP) is 11.4. The van der Waals surface area contributed by atoms with Gasteiger partial charge in [-0.15, -0.1) is 0 Å². The summed E-state index contributed by atoms with van der Waals surface area (Å²) in [5.74, 6) is -0.337. The molecule has 0 radical (unpaired) electrons. The molecule has 1 atom stereocenters. The molecule has 0 aromatic carbocycles. The first-order chi connectivity index (χ1) is 19.1. The number of rotatable bonds is 31. The van der Waals surface area contributed by atoms with Gasteiger partial charge in [-0.3, -0.25) is 9.59 Å². The van der Waals surface area contributed by atoms with E-state index in [1.54, 1.807) is 6.92 Å². The van der Waals surface area contributed by atoms with Crippen LogP contribution in [0.3, 0.4) is 0 Å². The molecule has 0 fully saturated rings. The third-order valence-corrected chi connectivity index (χ3v) is 7.78. The molecule has 0 saturated heterocycles. The Labute approximate surface area is 244 Å². The van der Waals surface area contributed by atoms with Gasteiger partial charge in [-0.25, -0.2) is 0 Å². The molecule has 0 unspecified atom stereocenters. The molecule has 232 valence electrons. The Balaban J connectivity index is 3.40. The van der Waals surface area contributed by atoms with Crippen LogP contribution in [0.1, 0.15) is 201 Å². The van der Waals surface area contributed by atoms with Crippen LogP contribution in [0.2, 0.25) is 0 Å². The highest BCUT2D eigenvalue weighted by atomic mass is 16.6. The van der Waals surface area contributed by atoms with E-state index >= 15 is 0 Å². The van der Waals surface area contributed by atoms with Crippen molar-refractivity contribution in [1.29, 1.82) is 0 Å². The number of hydrogen-bond donors (Lipinski definition) is 0. The molecule has 0 aliphatic carbocycles. The summed E-state index contributed by atoms with van der Waals surface area (Å²) >= 11 is 0. The van der Waals surface area contributed by atoms with E-state index in [4.69, 9.17) is 9.47 Å². The Bertz CT molecular complexity index is 519. The largest absolute Gasteiger partial charge is 0.462 e. The van der Waals surface area contributed by atoms with Gasteiger partial charge < -0.3 is 9.47 Å². The molecular weight excluding hydrogens is 484 g/mol. The van der Waals surface area contributed by atoms with E-state index in [1.165, 1.54) is 141 Å². The van der Waals surface area contributed by atoms with Crippen LogP contribution in [0.5, 0.6) is 0 Å². The topological polar surface area (TPSA) is 52.6 Å². The van der Waals surface area contributed by atoms with Crippen LogP contribution in [0.4, 0.5) is 0 Å². The first-order valence-electron chi connectivity index (χ1n) is 17.4. The van der Waals surface area contributed by atoms with E-state index in [2.05, 4.69) is 13.8 Å². The minimum atomic E-state index is -0.366. The second-order valence-corrected chi connectivity index (χ2v) is 12.0. The third kappa shape index (κ3) is 31.3. The van der Waals surface area contributed by atoms with Gasteiger partial charge in [0.1, 0.15) is 12.7 Å². The molecule has 0 amide bonds. The van der Waals surface area contributed by atoms with Gasteiger partial charge in [0.25, 0.3) is 0 Å². The Hall–Kier alpha value is -1.06. The van der Waals surface area contributed by atoms with Gasteiger partial charge in [0.15, 0.2) is 0 Å². The van der Waals surface area contributed by atoms with Gasteiger partial charge in [0.05, 0.1) is 0 Å². The highest BCUT2D eigenvalue weighted by Gasteiger charge is 2.12. The van der Waals surface area contributed by atoms with Crippen molar-refractivity contribution in [3.05, 3.63) is 0 Å². The van der Waals surface area contributed by atoms with Crippen molar-refractivity contribution in [2.75, 3.05) is 6.61 Å². The molecule has 0 N–H and O–H groups in total. The number of ether oxygens (including phenoxy) is 2. The van der Waals surface area contributed by atoms with Crippen molar-refractivity contribution in [3.63, 3.8) is 0 Å². The van der Waals surface area contributed by atoms with E-state index in [0.717, 1.165) is 25.7 Å². The van der Waals surface area contributed by atoms with Crippen molar-refractivity contribution < 1.29 is 19.1 Å². The summed E-state index contributed by atoms with van der Waals surface area (Å²) in [7, 11) is 0. The number of esters is 2. The average molecular weight is 553 g/mol. The first-order valence-corrected chi connectivity index (χ1v) is 17.4. The van der Waals surface area contributed by atoms with E-state index < -0.39 is 0 Å². The minimum Gasteiger partial charge on any atom is -0.462 e. The monoisotopic (exact) mass is 553 g/mol. The fourth-order valence-electron chi connectivity index (χ4n) is 5.17. The standard InChI is InChI=1S/C35H68O4/c1-4-6-8-10-12-14-16-18-20-22-24-26-28-30-34(36)38-32-33(3)39-35(37)31-29-27-25-23-21-19-17-15-13-11-9-7-5-2/h33H,4-32H2,1-3H3/t33-/m1/s1. The van der Waals surface area contributed by atoms with Crippen LogP contribution in [0.15, 0.2) is 0 Å². The van der Waals surface area contributed by atoms with Gasteiger partial charge in [0, 0.05) is 12.8 Å². The minimum absolute atomic E-state index is 0.168. The number of unbranched alkanes of at least 4 members (excludes halogenated alkanes) is 24. The third-order valence-electron chi connectivity index (χ3n) is 7.78. The van der Waals surface area contributed by atoms with E-state index in [9.17, 15) is 9.59 Å². The molecule has 0 aromatic rings. The van der Waals surface area contributed by atoms with Crippen molar-refractivity contribution >= 4 is 11.9 Å². The summed E-state index contributed by atoms with van der Waals surface area (Å²) in [5, 5.41) is 0. The van der Waals surface area contributed by atoms with Crippen molar-refractivity contribution in [3.8, 4) is 0 Å². The smallest absolute Gasteiger partial charge is 0.306 e. The molecule has 0 rings (SSSR count). The highest BCUT2D eigenvalue weighted by Crippen LogP contribution is 2.15. The molecule has 0 saturated carbocycles. The van der Waals surface area contributed by atoms with Crippen LogP contribution in [0, 0.1) is 0 Å². The Morgan fingerprint density at radius 2 is 0.718 bits per heavy atom. The van der Waals surface area contributed by atoms with Crippen molar-refractivity contribution in [2.45, 2.75) is 207 Å². The van der Waals surface area contributed by atoms with Crippen LogP contribution in [-0.4, -0.2) is 24.6 Å². The normalized spacial score (nSPS) is 12.0. The molecule has 4 nitrogen and oxygen atoms in total. The summed E-state index contributed by atoms with van der Waals surface area (Å²) in [6.45, 7) is 6.51. The van der Waals surface area contributed by atoms with Gasteiger partial charge in [-0.1, -0.05) is 168 Å². The second kappa shape index (κ2) is 31.5. The van der Waals surface area contributed by atoms with Crippen LogP contribution < -0.4 is 0 Å². The SMILES string of the molecule is CCCCCCCCCCCCCCCC(=O)OC[C@@H](C)OC(=O)CCCCCCCCCCCCCCC. The molecule has 0 heterocycles. The molecule has 0 aliphatic rings. The van der Waals surface area contributed by atoms with E-state index in [1.807, 2.05) is 0 Å². The predicted molar refractivity (Wildman–Crippen MR) is 167 cm³/mol. The molecule has 0 spiro atoms. The van der Waals surface area contributed by atoms with Crippen molar-refractivity contribution in [1.82, 2.24) is 0 Å². The number of carbonyl (C=O) groups excluding carboxylic acids is 2. The summed E-state index contributed by atoms with van der Waals surface area (Å²) in [4.78, 5) is 24.0. The molecule has 0 bridgehead atoms. The molecule has 0 aromatic heterocycles. The van der Waals surface area contributed by atoms with Gasteiger partial charge >= 0.3 is 11.9 Å². The highest BCUT2D eigenvalue weighted by molar-refractivity contribution is 5.70. The fraction of sp³-hybridized carbons (Fsp3) is 0.943. The van der Waals surface area contributed by atoms with Gasteiger partial charge in [0.2, 0.25) is 0 Å². The Morgan fingerprint density at radius 3 is 1.05 bits per heavy atom. The lowest BCUT2D eigenvalue weighted by molar-refractivity contribution is -0.158. The summed E-state index contributed by atoms with van der Waals surface area (Å²) in [5.41, 5.74) is 0. The van der Waals surface area contributed by atoms with Crippen LogP contribution >= 0.6 is 0 Å². The second-order valence-electron chi connectivity index (χ2n) is 12.0. The summed E-state index contributed by atoms with van der Waals surface area (Å²) in [6, 6.07) is 0. The fourth-order valence-corrected chi connectivity index (χ4v) is 5.17. The number of carbonyl (C=O) groups is 2. The first kappa shape index (κ1) is 37.9. The van der Waals surface area contributed by atoms with Gasteiger partial charge in [-0.2, -0.15) is 0 Å². The summed E-state index contributed by atoms with van der Waals surface area (Å²) in [6.07, 6.45) is 34.2. The van der Waals surface area contributed by atoms with E-state index in [0.29, 0.717) is 12.8 Å². The lowest BCUT2D eigenvalue weighted by Crippen LogP contribution is -2.22. The maximum absolute atomic E-state index is 12.0. The lowest BCUT2D eigenvalue weighted by atomic mass is 10.0. The maximum atomic E-state index is 12.0. The quantitative estimate of drug-likeness (QED) is 0.0634. The molecular formula is C35H68O4.